The Morgan fingerprint density at radius 3 is 2.78 bits per heavy atom. The SMILES string of the molecule is CC(=O)Nc1ccc2c(c1)OCCN2S(C)(=O)=O. The van der Waals surface area contributed by atoms with Crippen molar-refractivity contribution in [3.8, 4) is 5.75 Å². The van der Waals surface area contributed by atoms with Crippen LogP contribution in [-0.4, -0.2) is 33.7 Å². The zero-order valence-corrected chi connectivity index (χ0v) is 11.0. The first-order chi connectivity index (χ1) is 8.38. The van der Waals surface area contributed by atoms with Gasteiger partial charge in [-0.3, -0.25) is 9.10 Å². The van der Waals surface area contributed by atoms with E-state index < -0.39 is 10.0 Å². The molecule has 6 nitrogen and oxygen atoms in total. The quantitative estimate of drug-likeness (QED) is 0.862. The lowest BCUT2D eigenvalue weighted by Crippen LogP contribution is -2.37. The third-order valence-electron chi connectivity index (χ3n) is 2.50. The third-order valence-corrected chi connectivity index (χ3v) is 3.68. The third kappa shape index (κ3) is 2.56. The highest BCUT2D eigenvalue weighted by molar-refractivity contribution is 7.92. The first-order valence-electron chi connectivity index (χ1n) is 5.40. The summed E-state index contributed by atoms with van der Waals surface area (Å²) in [6.45, 7) is 2.00. The fourth-order valence-corrected chi connectivity index (χ4v) is 2.73. The molecule has 1 aromatic carbocycles. The lowest BCUT2D eigenvalue weighted by atomic mass is 10.2. The molecule has 0 radical (unpaired) electrons. The number of carbonyl (C=O) groups is 1. The molecule has 0 aliphatic carbocycles. The number of nitrogens with one attached hydrogen (secondary N) is 1. The summed E-state index contributed by atoms with van der Waals surface area (Å²) in [7, 11) is -3.31. The molecule has 0 spiro atoms. The van der Waals surface area contributed by atoms with Gasteiger partial charge in [-0.2, -0.15) is 0 Å². The molecule has 0 atom stereocenters. The molecular weight excluding hydrogens is 256 g/mol. The number of hydrogen-bond acceptors (Lipinski definition) is 4. The largest absolute Gasteiger partial charge is 0.489 e. The first-order valence-corrected chi connectivity index (χ1v) is 7.25. The second-order valence-corrected chi connectivity index (χ2v) is 5.95. The van der Waals surface area contributed by atoms with Gasteiger partial charge >= 0.3 is 0 Å². The van der Waals surface area contributed by atoms with Crippen molar-refractivity contribution in [1.82, 2.24) is 0 Å². The van der Waals surface area contributed by atoms with Gasteiger partial charge in [0.2, 0.25) is 15.9 Å². The van der Waals surface area contributed by atoms with E-state index in [1.165, 1.54) is 11.2 Å². The van der Waals surface area contributed by atoms with Gasteiger partial charge < -0.3 is 10.1 Å². The Bertz CT molecular complexity index is 583. The van der Waals surface area contributed by atoms with Crippen LogP contribution in [0.3, 0.4) is 0 Å². The second kappa shape index (κ2) is 4.49. The van der Waals surface area contributed by atoms with Gasteiger partial charge in [0, 0.05) is 18.7 Å². The molecular formula is C11H14N2O4S. The van der Waals surface area contributed by atoms with E-state index in [2.05, 4.69) is 5.32 Å². The Balaban J connectivity index is 2.39. The number of carbonyl (C=O) groups excluding carboxylic acids is 1. The normalized spacial score (nSPS) is 14.7. The molecule has 98 valence electrons. The van der Waals surface area contributed by atoms with Crippen LogP contribution in [0.15, 0.2) is 18.2 Å². The van der Waals surface area contributed by atoms with E-state index >= 15 is 0 Å². The van der Waals surface area contributed by atoms with Crippen LogP contribution >= 0.6 is 0 Å². The molecule has 0 unspecified atom stereocenters. The number of sulfonamides is 1. The van der Waals surface area contributed by atoms with Crippen molar-refractivity contribution in [1.29, 1.82) is 0 Å². The smallest absolute Gasteiger partial charge is 0.232 e. The number of amides is 1. The van der Waals surface area contributed by atoms with Crippen LogP contribution in [-0.2, 0) is 14.8 Å². The minimum atomic E-state index is -3.31. The Kier molecular flexibility index (Phi) is 3.16. The average molecular weight is 270 g/mol. The van der Waals surface area contributed by atoms with Crippen LogP contribution in [0, 0.1) is 0 Å². The summed E-state index contributed by atoms with van der Waals surface area (Å²) in [5.74, 6) is 0.267. The van der Waals surface area contributed by atoms with Crippen molar-refractivity contribution in [3.63, 3.8) is 0 Å². The Morgan fingerprint density at radius 2 is 2.17 bits per heavy atom. The zero-order chi connectivity index (χ0) is 13.3. The van der Waals surface area contributed by atoms with Crippen LogP contribution in [0.5, 0.6) is 5.75 Å². The standard InChI is InChI=1S/C11H14N2O4S/c1-8(14)12-9-3-4-10-11(7-9)17-6-5-13(10)18(2,15)16/h3-4,7H,5-6H2,1-2H3,(H,12,14). The Morgan fingerprint density at radius 1 is 1.44 bits per heavy atom. The molecule has 2 rings (SSSR count). The molecule has 7 heteroatoms. The van der Waals surface area contributed by atoms with Gasteiger partial charge in [0.15, 0.2) is 0 Å². The molecule has 0 bridgehead atoms. The number of benzene rings is 1. The summed E-state index contributed by atoms with van der Waals surface area (Å²) in [6, 6.07) is 4.89. The number of ether oxygens (including phenoxy) is 1. The topological polar surface area (TPSA) is 75.7 Å². The lowest BCUT2D eigenvalue weighted by molar-refractivity contribution is -0.114. The summed E-state index contributed by atoms with van der Waals surface area (Å²) in [5.41, 5.74) is 1.08. The van der Waals surface area contributed by atoms with Crippen LogP contribution in [0.25, 0.3) is 0 Å². The van der Waals surface area contributed by atoms with E-state index in [-0.39, 0.29) is 5.91 Å². The van der Waals surface area contributed by atoms with Gasteiger partial charge in [0.25, 0.3) is 0 Å². The molecule has 0 fully saturated rings. The fraction of sp³-hybridized carbons (Fsp3) is 0.364. The summed E-state index contributed by atoms with van der Waals surface area (Å²) in [5, 5.41) is 2.62. The summed E-state index contributed by atoms with van der Waals surface area (Å²) in [6.07, 6.45) is 1.16. The van der Waals surface area contributed by atoms with Crippen molar-refractivity contribution in [2.75, 3.05) is 29.0 Å². The van der Waals surface area contributed by atoms with Gasteiger partial charge in [-0.05, 0) is 12.1 Å². The first kappa shape index (κ1) is 12.7. The number of anilines is 2. The highest BCUT2D eigenvalue weighted by Crippen LogP contribution is 2.35. The van der Waals surface area contributed by atoms with Crippen molar-refractivity contribution in [3.05, 3.63) is 18.2 Å². The number of hydrogen-bond donors (Lipinski definition) is 1. The van der Waals surface area contributed by atoms with E-state index in [0.29, 0.717) is 30.3 Å². The fourth-order valence-electron chi connectivity index (χ4n) is 1.82. The summed E-state index contributed by atoms with van der Waals surface area (Å²) < 4.78 is 29.9. The Hall–Kier alpha value is -1.76. The maximum absolute atomic E-state index is 11.6. The van der Waals surface area contributed by atoms with Crippen LogP contribution in [0.2, 0.25) is 0 Å². The van der Waals surface area contributed by atoms with Crippen LogP contribution < -0.4 is 14.4 Å². The maximum atomic E-state index is 11.6. The van der Waals surface area contributed by atoms with Gasteiger partial charge in [-0.15, -0.1) is 0 Å². The van der Waals surface area contributed by atoms with Gasteiger partial charge in [0.05, 0.1) is 18.5 Å². The summed E-state index contributed by atoms with van der Waals surface area (Å²) in [4.78, 5) is 10.9. The molecule has 0 aromatic heterocycles. The monoisotopic (exact) mass is 270 g/mol. The van der Waals surface area contributed by atoms with E-state index in [9.17, 15) is 13.2 Å². The van der Waals surface area contributed by atoms with Crippen LogP contribution in [0.4, 0.5) is 11.4 Å². The predicted octanol–water partition coefficient (Wildman–Crippen LogP) is 0.803. The maximum Gasteiger partial charge on any atom is 0.232 e. The van der Waals surface area contributed by atoms with E-state index in [1.54, 1.807) is 18.2 Å². The predicted molar refractivity (Wildman–Crippen MR) is 68.4 cm³/mol. The van der Waals surface area contributed by atoms with Gasteiger partial charge in [-0.25, -0.2) is 8.42 Å². The molecule has 0 saturated carbocycles. The Labute approximate surface area is 106 Å². The molecule has 1 amide bonds. The lowest BCUT2D eigenvalue weighted by Gasteiger charge is -2.29. The average Bonchev–Trinajstić information content (AvgIpc) is 2.25. The zero-order valence-electron chi connectivity index (χ0n) is 10.1. The van der Waals surface area contributed by atoms with E-state index in [1.807, 2.05) is 0 Å². The molecule has 0 saturated heterocycles. The minimum absolute atomic E-state index is 0.189. The van der Waals surface area contributed by atoms with E-state index in [4.69, 9.17) is 4.74 Å². The number of nitrogens with zero attached hydrogens (tertiary/aromatic N) is 1. The molecule has 1 N–H and O–H groups in total. The van der Waals surface area contributed by atoms with Crippen molar-refractivity contribution in [2.24, 2.45) is 0 Å². The van der Waals surface area contributed by atoms with Gasteiger partial charge in [0.1, 0.15) is 12.4 Å². The molecule has 1 aliphatic rings. The minimum Gasteiger partial charge on any atom is -0.489 e. The van der Waals surface area contributed by atoms with Crippen molar-refractivity contribution < 1.29 is 17.9 Å². The molecule has 1 aliphatic heterocycles. The van der Waals surface area contributed by atoms with Gasteiger partial charge in [-0.1, -0.05) is 0 Å². The van der Waals surface area contributed by atoms with E-state index in [0.717, 1.165) is 6.26 Å². The molecule has 1 aromatic rings. The number of fused-ring (bicyclic) bond motifs is 1. The van der Waals surface area contributed by atoms with Crippen LogP contribution in [0.1, 0.15) is 6.92 Å². The molecule has 1 heterocycles. The highest BCUT2D eigenvalue weighted by Gasteiger charge is 2.25. The number of rotatable bonds is 2. The highest BCUT2D eigenvalue weighted by atomic mass is 32.2. The van der Waals surface area contributed by atoms with Crippen molar-refractivity contribution >= 4 is 27.3 Å². The van der Waals surface area contributed by atoms with Crippen molar-refractivity contribution in [2.45, 2.75) is 6.92 Å². The molecule has 18 heavy (non-hydrogen) atoms. The summed E-state index contributed by atoms with van der Waals surface area (Å²) >= 11 is 0. The second-order valence-electron chi connectivity index (χ2n) is 4.05.